The SMILES string of the molecule is OCC1CCN(Cc2cccc(F)c2F)CC1. The van der Waals surface area contributed by atoms with Crippen molar-refractivity contribution in [2.45, 2.75) is 19.4 Å². The van der Waals surface area contributed by atoms with Crippen LogP contribution >= 0.6 is 0 Å². The monoisotopic (exact) mass is 241 g/mol. The average molecular weight is 241 g/mol. The van der Waals surface area contributed by atoms with Gasteiger partial charge in [-0.05, 0) is 37.9 Å². The minimum atomic E-state index is -0.784. The molecule has 1 heterocycles. The predicted octanol–water partition coefficient (Wildman–Crippen LogP) is 2.17. The van der Waals surface area contributed by atoms with Crippen LogP contribution in [-0.4, -0.2) is 29.7 Å². The van der Waals surface area contributed by atoms with Crippen LogP contribution < -0.4 is 0 Å². The Bertz CT molecular complexity index is 376. The molecular formula is C13H17F2NO. The number of aliphatic hydroxyl groups is 1. The molecule has 0 unspecified atom stereocenters. The van der Waals surface area contributed by atoms with Gasteiger partial charge in [0.25, 0.3) is 0 Å². The first-order chi connectivity index (χ1) is 8.20. The van der Waals surface area contributed by atoms with E-state index in [0.717, 1.165) is 32.0 Å². The molecule has 0 saturated carbocycles. The number of nitrogens with zero attached hydrogens (tertiary/aromatic N) is 1. The van der Waals surface area contributed by atoms with Crippen LogP contribution in [-0.2, 0) is 6.54 Å². The molecule has 17 heavy (non-hydrogen) atoms. The minimum absolute atomic E-state index is 0.224. The zero-order valence-corrected chi connectivity index (χ0v) is 9.70. The van der Waals surface area contributed by atoms with Crippen LogP contribution in [0.3, 0.4) is 0 Å². The molecule has 1 aromatic rings. The molecule has 1 fully saturated rings. The summed E-state index contributed by atoms with van der Waals surface area (Å²) >= 11 is 0. The first-order valence-corrected chi connectivity index (χ1v) is 5.97. The maximum absolute atomic E-state index is 13.5. The van der Waals surface area contributed by atoms with Crippen molar-refractivity contribution in [3.8, 4) is 0 Å². The molecule has 2 nitrogen and oxygen atoms in total. The quantitative estimate of drug-likeness (QED) is 0.876. The van der Waals surface area contributed by atoms with Gasteiger partial charge in [-0.25, -0.2) is 8.78 Å². The molecule has 0 amide bonds. The van der Waals surface area contributed by atoms with E-state index in [4.69, 9.17) is 5.11 Å². The first-order valence-electron chi connectivity index (χ1n) is 5.97. The van der Waals surface area contributed by atoms with Crippen molar-refractivity contribution in [3.63, 3.8) is 0 Å². The van der Waals surface area contributed by atoms with E-state index >= 15 is 0 Å². The maximum atomic E-state index is 13.5. The third kappa shape index (κ3) is 3.01. The summed E-state index contributed by atoms with van der Waals surface area (Å²) in [5, 5.41) is 9.02. The number of rotatable bonds is 3. The molecule has 94 valence electrons. The average Bonchev–Trinajstić information content (AvgIpc) is 2.36. The second-order valence-electron chi connectivity index (χ2n) is 4.62. The van der Waals surface area contributed by atoms with E-state index in [0.29, 0.717) is 18.0 Å². The third-order valence-corrected chi connectivity index (χ3v) is 3.39. The Morgan fingerprint density at radius 2 is 1.94 bits per heavy atom. The number of likely N-dealkylation sites (tertiary alicyclic amines) is 1. The lowest BCUT2D eigenvalue weighted by atomic mass is 9.97. The van der Waals surface area contributed by atoms with Crippen LogP contribution in [0.2, 0.25) is 0 Å². The fourth-order valence-corrected chi connectivity index (χ4v) is 2.24. The minimum Gasteiger partial charge on any atom is -0.396 e. The topological polar surface area (TPSA) is 23.5 Å². The number of hydrogen-bond acceptors (Lipinski definition) is 2. The van der Waals surface area contributed by atoms with E-state index in [1.54, 1.807) is 6.07 Å². The molecule has 0 radical (unpaired) electrons. The summed E-state index contributed by atoms with van der Waals surface area (Å²) in [6, 6.07) is 4.29. The van der Waals surface area contributed by atoms with Gasteiger partial charge in [0.05, 0.1) is 0 Å². The van der Waals surface area contributed by atoms with Gasteiger partial charge in [-0.1, -0.05) is 12.1 Å². The van der Waals surface area contributed by atoms with Gasteiger partial charge in [-0.15, -0.1) is 0 Å². The molecular weight excluding hydrogens is 224 g/mol. The molecule has 1 aromatic carbocycles. The number of halogens is 2. The lowest BCUT2D eigenvalue weighted by Gasteiger charge is -2.31. The standard InChI is InChI=1S/C13H17F2NO/c14-12-3-1-2-11(13(12)15)8-16-6-4-10(9-17)5-7-16/h1-3,10,17H,4-9H2. The Balaban J connectivity index is 1.95. The van der Waals surface area contributed by atoms with Crippen LogP contribution in [0, 0.1) is 17.6 Å². The van der Waals surface area contributed by atoms with Crippen LogP contribution in [0.25, 0.3) is 0 Å². The first kappa shape index (κ1) is 12.5. The maximum Gasteiger partial charge on any atom is 0.163 e. The van der Waals surface area contributed by atoms with Crippen molar-refractivity contribution in [3.05, 3.63) is 35.4 Å². The van der Waals surface area contributed by atoms with Crippen LogP contribution in [0.4, 0.5) is 8.78 Å². The Hall–Kier alpha value is -1.00. The van der Waals surface area contributed by atoms with Crippen LogP contribution in [0.15, 0.2) is 18.2 Å². The smallest absolute Gasteiger partial charge is 0.163 e. The number of piperidine rings is 1. The van der Waals surface area contributed by atoms with Gasteiger partial charge in [0.1, 0.15) is 0 Å². The highest BCUT2D eigenvalue weighted by Crippen LogP contribution is 2.20. The van der Waals surface area contributed by atoms with Crippen molar-refractivity contribution in [2.75, 3.05) is 19.7 Å². The summed E-state index contributed by atoms with van der Waals surface area (Å²) in [5.74, 6) is -1.16. The van der Waals surface area contributed by atoms with Crippen molar-refractivity contribution in [2.24, 2.45) is 5.92 Å². The molecule has 4 heteroatoms. The highest BCUT2D eigenvalue weighted by Gasteiger charge is 2.19. The Morgan fingerprint density at radius 1 is 1.24 bits per heavy atom. The van der Waals surface area contributed by atoms with Crippen molar-refractivity contribution in [1.29, 1.82) is 0 Å². The molecule has 0 bridgehead atoms. The Kier molecular flexibility index (Phi) is 4.07. The van der Waals surface area contributed by atoms with Gasteiger partial charge in [-0.3, -0.25) is 4.90 Å². The molecule has 1 aliphatic rings. The van der Waals surface area contributed by atoms with Crippen LogP contribution in [0.5, 0.6) is 0 Å². The summed E-state index contributed by atoms with van der Waals surface area (Å²) in [6.45, 7) is 2.34. The van der Waals surface area contributed by atoms with Gasteiger partial charge >= 0.3 is 0 Å². The normalized spacial score (nSPS) is 18.5. The molecule has 0 spiro atoms. The van der Waals surface area contributed by atoms with E-state index < -0.39 is 11.6 Å². The summed E-state index contributed by atoms with van der Waals surface area (Å²) in [6.07, 6.45) is 1.85. The summed E-state index contributed by atoms with van der Waals surface area (Å²) < 4.78 is 26.5. The van der Waals surface area contributed by atoms with Gasteiger partial charge in [-0.2, -0.15) is 0 Å². The fourth-order valence-electron chi connectivity index (χ4n) is 2.24. The van der Waals surface area contributed by atoms with E-state index in [1.165, 1.54) is 6.07 Å². The predicted molar refractivity (Wildman–Crippen MR) is 61.4 cm³/mol. The second-order valence-corrected chi connectivity index (χ2v) is 4.62. The Morgan fingerprint density at radius 3 is 2.59 bits per heavy atom. The zero-order valence-electron chi connectivity index (χ0n) is 9.70. The number of hydrogen-bond donors (Lipinski definition) is 1. The van der Waals surface area contributed by atoms with E-state index in [1.807, 2.05) is 0 Å². The fraction of sp³-hybridized carbons (Fsp3) is 0.538. The molecule has 1 saturated heterocycles. The van der Waals surface area contributed by atoms with Crippen molar-refractivity contribution in [1.82, 2.24) is 4.90 Å². The highest BCUT2D eigenvalue weighted by atomic mass is 19.2. The van der Waals surface area contributed by atoms with Gasteiger partial charge in [0.2, 0.25) is 0 Å². The summed E-state index contributed by atoms with van der Waals surface area (Å²) in [7, 11) is 0. The molecule has 1 N–H and O–H groups in total. The largest absolute Gasteiger partial charge is 0.396 e. The molecule has 1 aliphatic heterocycles. The highest BCUT2D eigenvalue weighted by molar-refractivity contribution is 5.18. The van der Waals surface area contributed by atoms with Crippen molar-refractivity contribution < 1.29 is 13.9 Å². The molecule has 2 rings (SSSR count). The number of aliphatic hydroxyl groups excluding tert-OH is 1. The van der Waals surface area contributed by atoms with E-state index in [-0.39, 0.29) is 6.61 Å². The zero-order chi connectivity index (χ0) is 12.3. The van der Waals surface area contributed by atoms with Crippen LogP contribution in [0.1, 0.15) is 18.4 Å². The van der Waals surface area contributed by atoms with Gasteiger partial charge < -0.3 is 5.11 Å². The molecule has 0 atom stereocenters. The molecule has 0 aliphatic carbocycles. The number of benzene rings is 1. The molecule has 0 aromatic heterocycles. The second kappa shape index (κ2) is 5.56. The lowest BCUT2D eigenvalue weighted by molar-refractivity contribution is 0.126. The van der Waals surface area contributed by atoms with E-state index in [2.05, 4.69) is 4.90 Å². The van der Waals surface area contributed by atoms with E-state index in [9.17, 15) is 8.78 Å². The lowest BCUT2D eigenvalue weighted by Crippen LogP contribution is -2.34. The summed E-state index contributed by atoms with van der Waals surface area (Å²) in [5.41, 5.74) is 0.410. The third-order valence-electron chi connectivity index (χ3n) is 3.39. The summed E-state index contributed by atoms with van der Waals surface area (Å²) in [4.78, 5) is 2.10. The van der Waals surface area contributed by atoms with Gasteiger partial charge in [0.15, 0.2) is 11.6 Å². The van der Waals surface area contributed by atoms with Crippen molar-refractivity contribution >= 4 is 0 Å². The Labute approximate surface area is 99.9 Å². The van der Waals surface area contributed by atoms with Gasteiger partial charge in [0, 0.05) is 18.7 Å².